The molecule has 4 aromatic rings. The van der Waals surface area contributed by atoms with Gasteiger partial charge in [-0.05, 0) is 48.5 Å². The van der Waals surface area contributed by atoms with Crippen LogP contribution in [0.1, 0.15) is 15.9 Å². The van der Waals surface area contributed by atoms with E-state index in [1.807, 2.05) is 0 Å². The summed E-state index contributed by atoms with van der Waals surface area (Å²) in [5.41, 5.74) is -0.744. The fraction of sp³-hybridized carbons (Fsp3) is 0.0500. The molecule has 30 heavy (non-hydrogen) atoms. The van der Waals surface area contributed by atoms with Gasteiger partial charge in [0, 0.05) is 22.4 Å². The topological polar surface area (TPSA) is 79.9 Å². The van der Waals surface area contributed by atoms with Crippen molar-refractivity contribution in [2.75, 3.05) is 5.32 Å². The zero-order chi connectivity index (χ0) is 21.3. The smallest absolute Gasteiger partial charge is 0.418 e. The van der Waals surface area contributed by atoms with Gasteiger partial charge in [-0.25, -0.2) is 4.98 Å². The van der Waals surface area contributed by atoms with E-state index in [9.17, 15) is 18.0 Å². The Bertz CT molecular complexity index is 1210. The number of hydrogen-bond acceptors (Lipinski definition) is 4. The molecule has 1 amide bonds. The Balaban J connectivity index is 1.53. The summed E-state index contributed by atoms with van der Waals surface area (Å²) in [4.78, 5) is 22.9. The number of imidazole rings is 1. The third kappa shape index (κ3) is 4.28. The highest BCUT2D eigenvalue weighted by atomic mass is 79.9. The van der Waals surface area contributed by atoms with Crippen LogP contribution >= 0.6 is 15.9 Å². The molecule has 0 aliphatic rings. The summed E-state index contributed by atoms with van der Waals surface area (Å²) >= 11 is 3.05. The number of rotatable bonds is 4. The first kappa shape index (κ1) is 19.9. The third-order valence-corrected chi connectivity index (χ3v) is 4.55. The minimum absolute atomic E-state index is 0.0873. The highest BCUT2D eigenvalue weighted by Crippen LogP contribution is 2.36. The van der Waals surface area contributed by atoms with Crippen molar-refractivity contribution in [3.63, 3.8) is 0 Å². The van der Waals surface area contributed by atoms with E-state index in [1.165, 1.54) is 18.2 Å². The number of halogens is 4. The summed E-state index contributed by atoms with van der Waals surface area (Å²) in [6.07, 6.45) is -1.40. The second kappa shape index (κ2) is 7.79. The van der Waals surface area contributed by atoms with E-state index < -0.39 is 17.6 Å². The number of fused-ring (bicyclic) bond motifs is 1. The number of pyridine rings is 1. The second-order valence-electron chi connectivity index (χ2n) is 6.20. The van der Waals surface area contributed by atoms with Crippen molar-refractivity contribution in [3.05, 3.63) is 76.5 Å². The Morgan fingerprint density at radius 1 is 1.03 bits per heavy atom. The summed E-state index contributed by atoms with van der Waals surface area (Å²) in [6, 6.07) is 12.1. The van der Waals surface area contributed by atoms with Gasteiger partial charge in [-0.1, -0.05) is 15.9 Å². The van der Waals surface area contributed by atoms with Gasteiger partial charge < -0.3 is 9.72 Å². The standard InChI is InChI=1S/C20H12BrF3N4O2/c21-12-9-15(20(22,23)24)17-16(10-12)26-19(27-17)28-18(29)11-1-3-13(4-2-11)30-14-5-7-25-8-6-14/h1-10H,(H2,26,27,28,29). The van der Waals surface area contributed by atoms with Crippen LogP contribution in [-0.4, -0.2) is 20.9 Å². The molecular formula is C20H12BrF3N4O2. The molecule has 0 saturated carbocycles. The van der Waals surface area contributed by atoms with Crippen molar-refractivity contribution in [2.24, 2.45) is 0 Å². The molecule has 2 N–H and O–H groups in total. The molecule has 2 aromatic heterocycles. The van der Waals surface area contributed by atoms with Crippen molar-refractivity contribution in [3.8, 4) is 11.5 Å². The molecule has 2 heterocycles. The molecule has 0 aliphatic heterocycles. The number of anilines is 1. The fourth-order valence-corrected chi connectivity index (χ4v) is 3.21. The summed E-state index contributed by atoms with van der Waals surface area (Å²) in [5, 5.41) is 2.48. The first-order valence-corrected chi connectivity index (χ1v) is 9.34. The maximum Gasteiger partial charge on any atom is 0.418 e. The van der Waals surface area contributed by atoms with E-state index in [-0.39, 0.29) is 27.0 Å². The molecule has 2 aromatic carbocycles. The van der Waals surface area contributed by atoms with Crippen LogP contribution in [0.15, 0.2) is 65.4 Å². The van der Waals surface area contributed by atoms with Gasteiger partial charge in [-0.15, -0.1) is 0 Å². The Morgan fingerprint density at radius 2 is 1.70 bits per heavy atom. The number of nitrogens with one attached hydrogen (secondary N) is 2. The number of alkyl halides is 3. The van der Waals surface area contributed by atoms with Gasteiger partial charge in [0.15, 0.2) is 0 Å². The first-order chi connectivity index (χ1) is 14.3. The normalized spacial score (nSPS) is 11.5. The average Bonchev–Trinajstić information content (AvgIpc) is 3.09. The van der Waals surface area contributed by atoms with Gasteiger partial charge >= 0.3 is 6.18 Å². The molecule has 0 atom stereocenters. The quantitative estimate of drug-likeness (QED) is 0.391. The lowest BCUT2D eigenvalue weighted by molar-refractivity contribution is -0.136. The largest absolute Gasteiger partial charge is 0.457 e. The molecule has 0 aliphatic carbocycles. The number of H-pyrrole nitrogens is 1. The zero-order valence-electron chi connectivity index (χ0n) is 15.0. The molecule has 0 bridgehead atoms. The minimum Gasteiger partial charge on any atom is -0.457 e. The number of aromatic amines is 1. The molecule has 0 saturated heterocycles. The summed E-state index contributed by atoms with van der Waals surface area (Å²) in [6.45, 7) is 0. The van der Waals surface area contributed by atoms with Gasteiger partial charge in [0.1, 0.15) is 17.0 Å². The molecule has 0 fully saturated rings. The van der Waals surface area contributed by atoms with Gasteiger partial charge in [0.2, 0.25) is 5.95 Å². The van der Waals surface area contributed by atoms with Gasteiger partial charge in [-0.3, -0.25) is 15.1 Å². The van der Waals surface area contributed by atoms with E-state index in [0.717, 1.165) is 6.07 Å². The van der Waals surface area contributed by atoms with Crippen LogP contribution in [0.4, 0.5) is 19.1 Å². The van der Waals surface area contributed by atoms with E-state index in [1.54, 1.807) is 36.7 Å². The SMILES string of the molecule is O=C(Nc1nc2c(C(F)(F)F)cc(Br)cc2[nH]1)c1ccc(Oc2ccncc2)cc1. The van der Waals surface area contributed by atoms with E-state index in [0.29, 0.717) is 11.5 Å². The minimum atomic E-state index is -4.58. The molecule has 10 heteroatoms. The van der Waals surface area contributed by atoms with Crippen molar-refractivity contribution >= 4 is 38.8 Å². The number of aromatic nitrogens is 3. The van der Waals surface area contributed by atoms with Crippen LogP contribution in [0, 0.1) is 0 Å². The monoisotopic (exact) mass is 476 g/mol. The molecule has 4 rings (SSSR count). The lowest BCUT2D eigenvalue weighted by atomic mass is 10.2. The molecule has 152 valence electrons. The maximum atomic E-state index is 13.3. The summed E-state index contributed by atoms with van der Waals surface area (Å²) in [5.74, 6) is 0.491. The van der Waals surface area contributed by atoms with Crippen LogP contribution < -0.4 is 10.1 Å². The van der Waals surface area contributed by atoms with Crippen LogP contribution in [0.25, 0.3) is 11.0 Å². The third-order valence-electron chi connectivity index (χ3n) is 4.09. The van der Waals surface area contributed by atoms with Crippen molar-refractivity contribution in [1.29, 1.82) is 0 Å². The predicted molar refractivity (Wildman–Crippen MR) is 108 cm³/mol. The Kier molecular flexibility index (Phi) is 5.17. The summed E-state index contributed by atoms with van der Waals surface area (Å²) in [7, 11) is 0. The number of ether oxygens (including phenoxy) is 1. The number of nitrogens with zero attached hydrogens (tertiary/aromatic N) is 2. The fourth-order valence-electron chi connectivity index (χ4n) is 2.75. The van der Waals surface area contributed by atoms with Crippen molar-refractivity contribution in [1.82, 2.24) is 15.0 Å². The van der Waals surface area contributed by atoms with Crippen molar-refractivity contribution in [2.45, 2.75) is 6.18 Å². The predicted octanol–water partition coefficient (Wildman–Crippen LogP) is 5.78. The number of hydrogen-bond donors (Lipinski definition) is 2. The summed E-state index contributed by atoms with van der Waals surface area (Å²) < 4.78 is 45.6. The Morgan fingerprint density at radius 3 is 2.37 bits per heavy atom. The van der Waals surface area contributed by atoms with E-state index >= 15 is 0 Å². The molecule has 0 unspecified atom stereocenters. The highest BCUT2D eigenvalue weighted by Gasteiger charge is 2.34. The van der Waals surface area contributed by atoms with Gasteiger partial charge in [-0.2, -0.15) is 13.2 Å². The number of carbonyl (C=O) groups is 1. The molecule has 6 nitrogen and oxygen atoms in total. The van der Waals surface area contributed by atoms with Gasteiger partial charge in [0.25, 0.3) is 5.91 Å². The number of carbonyl (C=O) groups excluding carboxylic acids is 1. The Labute approximate surface area is 176 Å². The zero-order valence-corrected chi connectivity index (χ0v) is 16.6. The number of benzene rings is 2. The average molecular weight is 477 g/mol. The Hall–Kier alpha value is -3.40. The lowest BCUT2D eigenvalue weighted by Gasteiger charge is -2.07. The maximum absolute atomic E-state index is 13.3. The van der Waals surface area contributed by atoms with Crippen LogP contribution in [-0.2, 0) is 6.18 Å². The van der Waals surface area contributed by atoms with Crippen molar-refractivity contribution < 1.29 is 22.7 Å². The number of amides is 1. The van der Waals surface area contributed by atoms with Crippen LogP contribution in [0.2, 0.25) is 0 Å². The molecule has 0 spiro atoms. The van der Waals surface area contributed by atoms with E-state index in [2.05, 4.69) is 36.2 Å². The lowest BCUT2D eigenvalue weighted by Crippen LogP contribution is -2.12. The molecular weight excluding hydrogens is 465 g/mol. The highest BCUT2D eigenvalue weighted by molar-refractivity contribution is 9.10. The first-order valence-electron chi connectivity index (χ1n) is 8.55. The second-order valence-corrected chi connectivity index (χ2v) is 7.11. The van der Waals surface area contributed by atoms with Gasteiger partial charge in [0.05, 0.1) is 11.1 Å². The van der Waals surface area contributed by atoms with Crippen LogP contribution in [0.3, 0.4) is 0 Å². The van der Waals surface area contributed by atoms with Crippen LogP contribution in [0.5, 0.6) is 11.5 Å². The van der Waals surface area contributed by atoms with E-state index in [4.69, 9.17) is 4.74 Å². The molecule has 0 radical (unpaired) electrons.